The third kappa shape index (κ3) is 5.23. The fraction of sp³-hybridized carbons (Fsp3) is 0.885. The van der Waals surface area contributed by atoms with Crippen LogP contribution in [0.1, 0.15) is 88.5 Å². The molecule has 0 saturated heterocycles. The summed E-state index contributed by atoms with van der Waals surface area (Å²) >= 11 is 0. The van der Waals surface area contributed by atoms with Crippen molar-refractivity contribution < 1.29 is 14.0 Å². The van der Waals surface area contributed by atoms with Crippen LogP contribution in [0.15, 0.2) is 12.2 Å². The summed E-state index contributed by atoms with van der Waals surface area (Å²) in [7, 11) is -1.95. The zero-order valence-corrected chi connectivity index (χ0v) is 22.3. The average Bonchev–Trinajstić information content (AvgIpc) is 2.63. The fourth-order valence-corrected chi connectivity index (χ4v) is 11.9. The first-order chi connectivity index (χ1) is 13.8. The molecule has 2 aliphatic rings. The van der Waals surface area contributed by atoms with E-state index >= 15 is 0 Å². The summed E-state index contributed by atoms with van der Waals surface area (Å²) < 4.78 is 13.2. The summed E-state index contributed by atoms with van der Waals surface area (Å²) in [5, 5.41) is 0. The lowest BCUT2D eigenvalue weighted by Gasteiger charge is -2.51. The summed E-state index contributed by atoms with van der Waals surface area (Å²) in [4.78, 5) is 12.5. The number of allylic oxidation sites excluding steroid dienone is 2. The maximum atomic E-state index is 12.5. The van der Waals surface area contributed by atoms with E-state index in [4.69, 9.17) is 9.16 Å². The average molecular weight is 437 g/mol. The van der Waals surface area contributed by atoms with E-state index in [-0.39, 0.29) is 12.1 Å². The van der Waals surface area contributed by atoms with E-state index in [9.17, 15) is 4.79 Å². The van der Waals surface area contributed by atoms with Crippen molar-refractivity contribution in [1.82, 2.24) is 0 Å². The lowest BCUT2D eigenvalue weighted by Crippen LogP contribution is -2.55. The van der Waals surface area contributed by atoms with Crippen molar-refractivity contribution in [3.63, 3.8) is 0 Å². The number of rotatable bonds is 7. The lowest BCUT2D eigenvalue weighted by molar-refractivity contribution is -0.157. The summed E-state index contributed by atoms with van der Waals surface area (Å²) in [6, 6.07) is 0. The molecule has 1 saturated carbocycles. The van der Waals surface area contributed by atoms with Crippen LogP contribution in [0.5, 0.6) is 0 Å². The Hall–Kier alpha value is -0.613. The van der Waals surface area contributed by atoms with Crippen LogP contribution in [-0.2, 0) is 14.0 Å². The Morgan fingerprint density at radius 3 is 2.07 bits per heavy atom. The Morgan fingerprint density at radius 1 is 1.00 bits per heavy atom. The number of ether oxygens (including phenoxy) is 1. The molecule has 0 radical (unpaired) electrons. The molecule has 0 amide bonds. The fourth-order valence-electron chi connectivity index (χ4n) is 6.30. The topological polar surface area (TPSA) is 35.5 Å². The van der Waals surface area contributed by atoms with Crippen molar-refractivity contribution in [3.05, 3.63) is 12.2 Å². The molecule has 30 heavy (non-hydrogen) atoms. The molecule has 5 atom stereocenters. The maximum Gasteiger partial charge on any atom is 0.311 e. The summed E-state index contributed by atoms with van der Waals surface area (Å²) in [6.07, 6.45) is 8.70. The van der Waals surface area contributed by atoms with E-state index in [1.807, 2.05) is 20.8 Å². The van der Waals surface area contributed by atoms with Gasteiger partial charge in [0.1, 0.15) is 0 Å². The van der Waals surface area contributed by atoms with Gasteiger partial charge in [-0.2, -0.15) is 0 Å². The minimum absolute atomic E-state index is 0.0932. The third-order valence-corrected chi connectivity index (χ3v) is 14.0. The number of hydrogen-bond acceptors (Lipinski definition) is 3. The lowest BCUT2D eigenvalue weighted by atomic mass is 9.64. The summed E-state index contributed by atoms with van der Waals surface area (Å²) in [5.74, 6) is 1.67. The van der Waals surface area contributed by atoms with E-state index < -0.39 is 13.7 Å². The van der Waals surface area contributed by atoms with E-state index in [0.717, 1.165) is 6.42 Å². The highest BCUT2D eigenvalue weighted by Gasteiger charge is 2.51. The number of carbonyl (C=O) groups excluding carboxylic acids is 1. The van der Waals surface area contributed by atoms with Crippen molar-refractivity contribution in [2.45, 2.75) is 111 Å². The maximum absolute atomic E-state index is 12.5. The third-order valence-electron chi connectivity index (χ3n) is 7.86. The largest absolute Gasteiger partial charge is 0.465 e. The van der Waals surface area contributed by atoms with Crippen LogP contribution in [0.25, 0.3) is 0 Å². The molecule has 4 heteroatoms. The second-order valence-corrected chi connectivity index (χ2v) is 17.3. The van der Waals surface area contributed by atoms with Crippen LogP contribution in [-0.4, -0.2) is 27.0 Å². The quantitative estimate of drug-likeness (QED) is 0.237. The first-order valence-electron chi connectivity index (χ1n) is 12.4. The molecule has 0 unspecified atom stereocenters. The van der Waals surface area contributed by atoms with Crippen molar-refractivity contribution in [3.8, 4) is 0 Å². The summed E-state index contributed by atoms with van der Waals surface area (Å²) in [6.45, 7) is 22.8. The first-order valence-corrected chi connectivity index (χ1v) is 14.5. The molecule has 3 nitrogen and oxygen atoms in total. The second-order valence-electron chi connectivity index (χ2n) is 11.9. The van der Waals surface area contributed by atoms with E-state index in [0.29, 0.717) is 46.9 Å². The molecular weight excluding hydrogens is 388 g/mol. The minimum Gasteiger partial charge on any atom is -0.465 e. The Balaban J connectivity index is 2.31. The Morgan fingerprint density at radius 2 is 1.57 bits per heavy atom. The molecule has 0 spiro atoms. The number of hydrogen-bond donors (Lipinski definition) is 0. The van der Waals surface area contributed by atoms with Gasteiger partial charge < -0.3 is 9.16 Å². The van der Waals surface area contributed by atoms with E-state index in [1.54, 1.807) is 0 Å². The first kappa shape index (κ1) is 25.6. The molecule has 2 rings (SSSR count). The van der Waals surface area contributed by atoms with Gasteiger partial charge in [-0.3, -0.25) is 4.79 Å². The molecule has 2 aliphatic carbocycles. The molecule has 0 aliphatic heterocycles. The molecule has 0 aromatic rings. The predicted molar refractivity (Wildman–Crippen MR) is 129 cm³/mol. The van der Waals surface area contributed by atoms with Gasteiger partial charge in [0.05, 0.1) is 12.0 Å². The van der Waals surface area contributed by atoms with Crippen LogP contribution in [0.2, 0.25) is 16.6 Å². The molecule has 0 heterocycles. The number of fused-ring (bicyclic) bond motifs is 1. The molecular formula is C26H48O3Si. The van der Waals surface area contributed by atoms with Gasteiger partial charge >= 0.3 is 5.97 Å². The van der Waals surface area contributed by atoms with Crippen LogP contribution in [0.3, 0.4) is 0 Å². The molecule has 174 valence electrons. The van der Waals surface area contributed by atoms with Crippen LogP contribution < -0.4 is 0 Å². The zero-order chi connectivity index (χ0) is 22.9. The van der Waals surface area contributed by atoms with Gasteiger partial charge in [-0.25, -0.2) is 0 Å². The van der Waals surface area contributed by atoms with Gasteiger partial charge in [0.15, 0.2) is 0 Å². The smallest absolute Gasteiger partial charge is 0.311 e. The SMILES string of the molecule is CC(C)[Si](O[C@H]1CCC[C@@H]2C=C[C@H](C)[C@@H](COC(=O)C(C)(C)C)[C@@H]12)(C(C)C)C(C)C. The van der Waals surface area contributed by atoms with Crippen molar-refractivity contribution in [2.75, 3.05) is 6.61 Å². The monoisotopic (exact) mass is 436 g/mol. The van der Waals surface area contributed by atoms with Gasteiger partial charge in [-0.15, -0.1) is 0 Å². The molecule has 0 aromatic heterocycles. The number of carbonyl (C=O) groups is 1. The molecule has 0 aromatic carbocycles. The number of esters is 1. The van der Waals surface area contributed by atoms with Gasteiger partial charge in [0.25, 0.3) is 0 Å². The summed E-state index contributed by atoms with van der Waals surface area (Å²) in [5.41, 5.74) is 1.31. The highest BCUT2D eigenvalue weighted by atomic mass is 28.4. The van der Waals surface area contributed by atoms with Crippen molar-refractivity contribution in [1.29, 1.82) is 0 Å². The van der Waals surface area contributed by atoms with Gasteiger partial charge in [-0.1, -0.05) is 67.0 Å². The van der Waals surface area contributed by atoms with Crippen molar-refractivity contribution in [2.24, 2.45) is 29.1 Å². The van der Waals surface area contributed by atoms with Crippen LogP contribution >= 0.6 is 0 Å². The standard InChI is InChI=1S/C26H48O3Si/c1-17(2)30(18(3)4,19(5)6)29-23-13-11-12-21-15-14-20(7)22(24(21)23)16-28-25(27)26(8,9)10/h14-15,17-24H,11-13,16H2,1-10H3/t20-,21+,22+,23-,24-/m0/s1. The molecule has 0 bridgehead atoms. The second kappa shape index (κ2) is 9.89. The Bertz CT molecular complexity index is 580. The van der Waals surface area contributed by atoms with Gasteiger partial charge in [0, 0.05) is 12.0 Å². The Kier molecular flexibility index (Phi) is 8.46. The highest BCUT2D eigenvalue weighted by molar-refractivity contribution is 6.77. The normalized spacial score (nSPS) is 30.1. The molecule has 1 fully saturated rings. The highest BCUT2D eigenvalue weighted by Crippen LogP contribution is 2.49. The van der Waals surface area contributed by atoms with Crippen molar-refractivity contribution >= 4 is 14.3 Å². The van der Waals surface area contributed by atoms with Crippen LogP contribution in [0, 0.1) is 29.1 Å². The zero-order valence-electron chi connectivity index (χ0n) is 21.3. The Labute approximate surface area is 187 Å². The molecule has 0 N–H and O–H groups in total. The minimum atomic E-state index is -1.95. The van der Waals surface area contributed by atoms with E-state index in [2.05, 4.69) is 60.6 Å². The van der Waals surface area contributed by atoms with E-state index in [1.165, 1.54) is 12.8 Å². The predicted octanol–water partition coefficient (Wildman–Crippen LogP) is 7.37. The van der Waals surface area contributed by atoms with Crippen LogP contribution in [0.4, 0.5) is 0 Å². The van der Waals surface area contributed by atoms with Gasteiger partial charge in [0.2, 0.25) is 8.32 Å². The van der Waals surface area contributed by atoms with Gasteiger partial charge in [-0.05, 0) is 68.0 Å².